The van der Waals surface area contributed by atoms with Crippen LogP contribution in [0.4, 0.5) is 4.39 Å². The van der Waals surface area contributed by atoms with Gasteiger partial charge in [0.2, 0.25) is 17.1 Å². The SMILES string of the molecule is CSc1ccc(C2OC3(c4ccc(F)cc4)OC(=N)C(C#N)(C3C)C2(C#N)C#N)cc1. The number of hydrogen-bond donors (Lipinski definition) is 1. The number of halogens is 1. The molecule has 2 heterocycles. The summed E-state index contributed by atoms with van der Waals surface area (Å²) in [6.07, 6.45) is 0.744. The average Bonchev–Trinajstić information content (AvgIpc) is 2.96. The van der Waals surface area contributed by atoms with Crippen molar-refractivity contribution < 1.29 is 13.9 Å². The maximum atomic E-state index is 13.6. The largest absolute Gasteiger partial charge is 0.443 e. The van der Waals surface area contributed by atoms with E-state index in [0.717, 1.165) is 4.90 Å². The van der Waals surface area contributed by atoms with Gasteiger partial charge in [-0.1, -0.05) is 19.1 Å². The van der Waals surface area contributed by atoms with Crippen LogP contribution in [0.1, 0.15) is 24.2 Å². The monoisotopic (exact) mass is 432 g/mol. The van der Waals surface area contributed by atoms with E-state index in [9.17, 15) is 20.2 Å². The van der Waals surface area contributed by atoms with Crippen LogP contribution in [0, 0.1) is 62.0 Å². The van der Waals surface area contributed by atoms with Crippen LogP contribution in [0.25, 0.3) is 0 Å². The molecule has 4 rings (SSSR count). The molecule has 6 nitrogen and oxygen atoms in total. The van der Waals surface area contributed by atoms with Crippen molar-refractivity contribution in [2.24, 2.45) is 16.7 Å². The van der Waals surface area contributed by atoms with Gasteiger partial charge in [0, 0.05) is 10.5 Å². The van der Waals surface area contributed by atoms with Crippen LogP contribution in [0.2, 0.25) is 0 Å². The molecular formula is C23H17FN4O2S. The maximum Gasteiger partial charge on any atom is 0.244 e. The Labute approximate surface area is 183 Å². The normalized spacial score (nSPS) is 30.5. The highest BCUT2D eigenvalue weighted by atomic mass is 32.2. The van der Waals surface area contributed by atoms with Gasteiger partial charge in [-0.05, 0) is 48.2 Å². The predicted octanol–water partition coefficient (Wildman–Crippen LogP) is 4.66. The molecule has 2 aromatic rings. The van der Waals surface area contributed by atoms with Crippen molar-refractivity contribution in [1.82, 2.24) is 0 Å². The van der Waals surface area contributed by atoms with Gasteiger partial charge in [-0.15, -0.1) is 11.8 Å². The molecule has 0 amide bonds. The highest BCUT2D eigenvalue weighted by Crippen LogP contribution is 2.68. The number of thioether (sulfide) groups is 1. The first kappa shape index (κ1) is 20.9. The summed E-state index contributed by atoms with van der Waals surface area (Å²) in [7, 11) is 0. The Morgan fingerprint density at radius 1 is 1.00 bits per heavy atom. The minimum Gasteiger partial charge on any atom is -0.443 e. The third kappa shape index (κ3) is 2.48. The summed E-state index contributed by atoms with van der Waals surface area (Å²) in [6, 6.07) is 18.6. The van der Waals surface area contributed by atoms with Crippen molar-refractivity contribution in [3.05, 3.63) is 65.5 Å². The molecule has 31 heavy (non-hydrogen) atoms. The van der Waals surface area contributed by atoms with Crippen molar-refractivity contribution in [2.75, 3.05) is 6.26 Å². The van der Waals surface area contributed by atoms with E-state index in [1.54, 1.807) is 19.1 Å². The van der Waals surface area contributed by atoms with Crippen LogP contribution in [-0.2, 0) is 15.3 Å². The van der Waals surface area contributed by atoms with Gasteiger partial charge in [0.25, 0.3) is 0 Å². The van der Waals surface area contributed by atoms with Crippen molar-refractivity contribution in [3.63, 3.8) is 0 Å². The van der Waals surface area contributed by atoms with Gasteiger partial charge in [-0.2, -0.15) is 15.8 Å². The molecule has 1 N–H and O–H groups in total. The van der Waals surface area contributed by atoms with Crippen molar-refractivity contribution in [2.45, 2.75) is 23.7 Å². The Hall–Kier alpha value is -3.38. The van der Waals surface area contributed by atoms with Crippen LogP contribution in [0.3, 0.4) is 0 Å². The molecule has 0 spiro atoms. The summed E-state index contributed by atoms with van der Waals surface area (Å²) in [5, 5.41) is 39.2. The Kier molecular flexibility index (Phi) is 4.78. The van der Waals surface area contributed by atoms with Crippen molar-refractivity contribution >= 4 is 17.7 Å². The lowest BCUT2D eigenvalue weighted by atomic mass is 9.53. The van der Waals surface area contributed by atoms with Gasteiger partial charge in [0.15, 0.2) is 5.41 Å². The first-order chi connectivity index (χ1) is 14.8. The number of benzene rings is 2. The third-order valence-electron chi connectivity index (χ3n) is 6.33. The molecule has 4 unspecified atom stereocenters. The standard InChI is InChI=1S/C23H17FN4O2S/c1-14-22(13-27)20(28)30-23(14,16-5-7-17(24)8-6-16)29-19(21(22,11-25)12-26)15-3-9-18(31-2)10-4-15/h3-10,14,19,28H,1-2H3. The zero-order valence-electron chi connectivity index (χ0n) is 16.7. The molecule has 0 aromatic heterocycles. The van der Waals surface area contributed by atoms with Gasteiger partial charge in [-0.25, -0.2) is 4.39 Å². The van der Waals surface area contributed by atoms with Gasteiger partial charge in [0.05, 0.1) is 24.1 Å². The first-order valence-corrected chi connectivity index (χ1v) is 10.7. The van der Waals surface area contributed by atoms with E-state index in [4.69, 9.17) is 14.9 Å². The summed E-state index contributed by atoms with van der Waals surface area (Å²) < 4.78 is 25.8. The Balaban J connectivity index is 2.00. The number of hydrogen-bond acceptors (Lipinski definition) is 7. The van der Waals surface area contributed by atoms with Crippen LogP contribution in [0.5, 0.6) is 0 Å². The average molecular weight is 432 g/mol. The Bertz CT molecular complexity index is 1160. The molecule has 4 atom stereocenters. The van der Waals surface area contributed by atoms with E-state index in [1.807, 2.05) is 30.5 Å². The van der Waals surface area contributed by atoms with Gasteiger partial charge >= 0.3 is 0 Å². The molecule has 2 aromatic carbocycles. The minimum atomic E-state index is -2.03. The third-order valence-corrected chi connectivity index (χ3v) is 7.08. The Morgan fingerprint density at radius 3 is 2.13 bits per heavy atom. The van der Waals surface area contributed by atoms with E-state index in [-0.39, 0.29) is 0 Å². The summed E-state index contributed by atoms with van der Waals surface area (Å²) in [6.45, 7) is 1.62. The van der Waals surface area contributed by atoms with Gasteiger partial charge < -0.3 is 9.47 Å². The van der Waals surface area contributed by atoms with Crippen LogP contribution in [0.15, 0.2) is 53.4 Å². The fourth-order valence-electron chi connectivity index (χ4n) is 4.63. The predicted molar refractivity (Wildman–Crippen MR) is 110 cm³/mol. The molecule has 0 radical (unpaired) electrons. The zero-order chi connectivity index (χ0) is 22.4. The van der Waals surface area contributed by atoms with Crippen molar-refractivity contribution in [1.29, 1.82) is 21.2 Å². The van der Waals surface area contributed by atoms with E-state index >= 15 is 0 Å². The van der Waals surface area contributed by atoms with Gasteiger partial charge in [-0.3, -0.25) is 5.41 Å². The highest BCUT2D eigenvalue weighted by Gasteiger charge is 2.79. The van der Waals surface area contributed by atoms with Gasteiger partial charge in [0.1, 0.15) is 11.9 Å². The summed E-state index contributed by atoms with van der Waals surface area (Å²) in [5.41, 5.74) is -3.00. The fraction of sp³-hybridized carbons (Fsp3) is 0.304. The molecule has 2 bridgehead atoms. The van der Waals surface area contributed by atoms with E-state index in [1.165, 1.54) is 36.0 Å². The molecule has 0 saturated carbocycles. The number of nitriles is 3. The smallest absolute Gasteiger partial charge is 0.244 e. The van der Waals surface area contributed by atoms with Crippen LogP contribution >= 0.6 is 11.8 Å². The van der Waals surface area contributed by atoms with Crippen LogP contribution in [-0.4, -0.2) is 12.2 Å². The lowest BCUT2D eigenvalue weighted by Gasteiger charge is -2.48. The zero-order valence-corrected chi connectivity index (χ0v) is 17.5. The number of fused-ring (bicyclic) bond motifs is 2. The highest BCUT2D eigenvalue weighted by molar-refractivity contribution is 7.98. The lowest BCUT2D eigenvalue weighted by Crippen LogP contribution is -2.57. The molecule has 154 valence electrons. The second-order valence-corrected chi connectivity index (χ2v) is 8.43. The number of rotatable bonds is 3. The molecule has 2 aliphatic rings. The number of ether oxygens (including phenoxy) is 2. The summed E-state index contributed by atoms with van der Waals surface area (Å²) >= 11 is 1.53. The van der Waals surface area contributed by atoms with E-state index in [0.29, 0.717) is 11.1 Å². The molecule has 2 aliphatic heterocycles. The quantitative estimate of drug-likeness (QED) is 0.706. The van der Waals surface area contributed by atoms with Crippen molar-refractivity contribution in [3.8, 4) is 18.2 Å². The molecular weight excluding hydrogens is 415 g/mol. The lowest BCUT2D eigenvalue weighted by molar-refractivity contribution is -0.288. The minimum absolute atomic E-state index is 0.401. The number of nitrogens with zero attached hydrogens (tertiary/aromatic N) is 3. The first-order valence-electron chi connectivity index (χ1n) is 9.45. The molecule has 0 aliphatic carbocycles. The fourth-order valence-corrected chi connectivity index (χ4v) is 5.04. The molecule has 8 heteroatoms. The summed E-state index contributed by atoms with van der Waals surface area (Å²) in [5.74, 6) is -3.47. The van der Waals surface area contributed by atoms with E-state index < -0.39 is 40.4 Å². The number of nitrogens with one attached hydrogen (secondary N) is 1. The topological polar surface area (TPSA) is 114 Å². The molecule has 2 fully saturated rings. The van der Waals surface area contributed by atoms with Crippen LogP contribution < -0.4 is 0 Å². The molecule has 2 saturated heterocycles. The van der Waals surface area contributed by atoms with E-state index in [2.05, 4.69) is 6.07 Å². The summed E-state index contributed by atoms with van der Waals surface area (Å²) in [4.78, 5) is 0.975. The maximum absolute atomic E-state index is 13.6. The Morgan fingerprint density at radius 2 is 1.61 bits per heavy atom. The second kappa shape index (κ2) is 7.10. The second-order valence-electron chi connectivity index (χ2n) is 7.55.